The molecule has 0 aliphatic heterocycles. The van der Waals surface area contributed by atoms with Gasteiger partial charge in [-0.25, -0.2) is 9.78 Å². The van der Waals surface area contributed by atoms with Crippen molar-refractivity contribution in [2.75, 3.05) is 0 Å². The van der Waals surface area contributed by atoms with Gasteiger partial charge < -0.3 is 5.11 Å². The first-order valence-electron chi connectivity index (χ1n) is 3.02. The number of carboxylic acids is 1. The maximum Gasteiger partial charge on any atom is 0.375 e. The van der Waals surface area contributed by atoms with Gasteiger partial charge in [0.2, 0.25) is 0 Å². The molecule has 0 radical (unpaired) electrons. The molecular formula is C6H5F2NO2S. The van der Waals surface area contributed by atoms with Crippen molar-refractivity contribution in [2.24, 2.45) is 0 Å². The summed E-state index contributed by atoms with van der Waals surface area (Å²) in [5.74, 6) is -5.82. The second-order valence-electron chi connectivity index (χ2n) is 2.11. The van der Waals surface area contributed by atoms with Gasteiger partial charge in [-0.05, 0) is 0 Å². The molecule has 1 N–H and O–H groups in total. The highest BCUT2D eigenvalue weighted by molar-refractivity contribution is 7.09. The van der Waals surface area contributed by atoms with Crippen LogP contribution in [-0.4, -0.2) is 22.0 Å². The summed E-state index contributed by atoms with van der Waals surface area (Å²) in [5.41, 5.74) is 0. The van der Waals surface area contributed by atoms with Crippen molar-refractivity contribution in [3.05, 3.63) is 16.6 Å². The molecule has 1 aromatic heterocycles. The first kappa shape index (κ1) is 9.05. The highest BCUT2D eigenvalue weighted by Crippen LogP contribution is 2.21. The fraction of sp³-hybridized carbons (Fsp3) is 0.333. The molecule has 3 nitrogen and oxygen atoms in total. The van der Waals surface area contributed by atoms with Gasteiger partial charge in [0.15, 0.2) is 0 Å². The minimum atomic E-state index is -3.71. The topological polar surface area (TPSA) is 50.2 Å². The van der Waals surface area contributed by atoms with E-state index >= 15 is 0 Å². The molecule has 0 bridgehead atoms. The normalized spacial score (nSPS) is 11.5. The van der Waals surface area contributed by atoms with Crippen LogP contribution in [0.4, 0.5) is 8.78 Å². The van der Waals surface area contributed by atoms with Crippen molar-refractivity contribution in [1.29, 1.82) is 0 Å². The van der Waals surface area contributed by atoms with Gasteiger partial charge in [0.05, 0.1) is 11.4 Å². The summed E-state index contributed by atoms with van der Waals surface area (Å²) in [4.78, 5) is 13.5. The van der Waals surface area contributed by atoms with E-state index in [1.165, 1.54) is 11.6 Å². The number of carboxylic acid groups (broad SMARTS) is 1. The monoisotopic (exact) mass is 193 g/mol. The number of halogens is 2. The van der Waals surface area contributed by atoms with Crippen LogP contribution >= 0.6 is 11.3 Å². The van der Waals surface area contributed by atoms with Gasteiger partial charge >= 0.3 is 11.9 Å². The number of hydrogen-bond acceptors (Lipinski definition) is 3. The van der Waals surface area contributed by atoms with Crippen LogP contribution in [-0.2, 0) is 11.2 Å². The minimum Gasteiger partial charge on any atom is -0.477 e. The Balaban J connectivity index is 2.69. The predicted octanol–water partition coefficient (Wildman–Crippen LogP) is 1.41. The number of aliphatic carboxylic acids is 1. The lowest BCUT2D eigenvalue weighted by molar-refractivity contribution is -0.164. The van der Waals surface area contributed by atoms with Gasteiger partial charge in [0, 0.05) is 11.6 Å². The fourth-order valence-electron chi connectivity index (χ4n) is 0.606. The van der Waals surface area contributed by atoms with E-state index in [2.05, 4.69) is 4.98 Å². The van der Waals surface area contributed by atoms with E-state index in [9.17, 15) is 13.6 Å². The molecule has 0 saturated carbocycles. The summed E-state index contributed by atoms with van der Waals surface area (Å²) in [6.45, 7) is 0. The smallest absolute Gasteiger partial charge is 0.375 e. The zero-order valence-electron chi connectivity index (χ0n) is 5.83. The lowest BCUT2D eigenvalue weighted by Gasteiger charge is -2.07. The summed E-state index contributed by atoms with van der Waals surface area (Å²) in [7, 11) is 0. The van der Waals surface area contributed by atoms with Crippen LogP contribution in [0.25, 0.3) is 0 Å². The predicted molar refractivity (Wildman–Crippen MR) is 38.4 cm³/mol. The van der Waals surface area contributed by atoms with E-state index < -0.39 is 18.3 Å². The molecule has 0 aromatic carbocycles. The van der Waals surface area contributed by atoms with Crippen molar-refractivity contribution in [3.8, 4) is 0 Å². The number of alkyl halides is 2. The summed E-state index contributed by atoms with van der Waals surface area (Å²) in [5, 5.41) is 9.72. The van der Waals surface area contributed by atoms with Crippen LogP contribution in [0.2, 0.25) is 0 Å². The molecule has 0 unspecified atom stereocenters. The molecule has 0 aliphatic rings. The zero-order chi connectivity index (χ0) is 9.19. The molecule has 1 rings (SSSR count). The van der Waals surface area contributed by atoms with Crippen LogP contribution in [0.3, 0.4) is 0 Å². The van der Waals surface area contributed by atoms with Crippen molar-refractivity contribution >= 4 is 17.3 Å². The number of thiazole rings is 1. The summed E-state index contributed by atoms with van der Waals surface area (Å²) >= 11 is 1.01. The fourth-order valence-corrected chi connectivity index (χ4v) is 1.27. The lowest BCUT2D eigenvalue weighted by atomic mass is 10.2. The Hall–Kier alpha value is -1.04. The second kappa shape index (κ2) is 3.14. The molecular weight excluding hydrogens is 188 g/mol. The van der Waals surface area contributed by atoms with Gasteiger partial charge in [-0.3, -0.25) is 0 Å². The average molecular weight is 193 g/mol. The third kappa shape index (κ3) is 1.97. The highest BCUT2D eigenvalue weighted by Gasteiger charge is 2.39. The van der Waals surface area contributed by atoms with Crippen molar-refractivity contribution in [3.63, 3.8) is 0 Å². The van der Waals surface area contributed by atoms with Crippen LogP contribution < -0.4 is 0 Å². The number of rotatable bonds is 3. The number of hydrogen-bond donors (Lipinski definition) is 1. The van der Waals surface area contributed by atoms with Gasteiger partial charge in [-0.2, -0.15) is 8.78 Å². The number of aromatic nitrogens is 1. The van der Waals surface area contributed by atoms with Crippen molar-refractivity contribution in [1.82, 2.24) is 4.98 Å². The molecule has 6 heteroatoms. The van der Waals surface area contributed by atoms with E-state index in [1.807, 2.05) is 0 Å². The van der Waals surface area contributed by atoms with Gasteiger partial charge in [0.1, 0.15) is 0 Å². The minimum absolute atomic E-state index is 0.127. The summed E-state index contributed by atoms with van der Waals surface area (Å²) in [6.07, 6.45) is 0.526. The maximum atomic E-state index is 12.5. The molecule has 12 heavy (non-hydrogen) atoms. The van der Waals surface area contributed by atoms with Crippen LogP contribution in [0, 0.1) is 0 Å². The Morgan fingerprint density at radius 3 is 2.83 bits per heavy atom. The molecule has 0 fully saturated rings. The van der Waals surface area contributed by atoms with E-state index in [4.69, 9.17) is 5.11 Å². The Kier molecular flexibility index (Phi) is 2.37. The quantitative estimate of drug-likeness (QED) is 0.789. The third-order valence-corrected chi connectivity index (χ3v) is 1.95. The highest BCUT2D eigenvalue weighted by atomic mass is 32.1. The molecule has 0 spiro atoms. The van der Waals surface area contributed by atoms with E-state index in [0.717, 1.165) is 11.3 Å². The van der Waals surface area contributed by atoms with Crippen LogP contribution in [0.1, 0.15) is 5.01 Å². The zero-order valence-corrected chi connectivity index (χ0v) is 6.65. The van der Waals surface area contributed by atoms with E-state index in [0.29, 0.717) is 0 Å². The molecule has 66 valence electrons. The number of carbonyl (C=O) groups is 1. The van der Waals surface area contributed by atoms with Crippen molar-refractivity contribution < 1.29 is 18.7 Å². The standard InChI is InChI=1S/C6H5F2NO2S/c7-6(8,5(10)11)3-4-9-1-2-12-4/h1-2H,3H2,(H,10,11). The molecule has 0 amide bonds. The first-order chi connectivity index (χ1) is 5.52. The van der Waals surface area contributed by atoms with Crippen molar-refractivity contribution in [2.45, 2.75) is 12.3 Å². The van der Waals surface area contributed by atoms with Crippen LogP contribution in [0.15, 0.2) is 11.6 Å². The van der Waals surface area contributed by atoms with E-state index in [1.54, 1.807) is 0 Å². The maximum absolute atomic E-state index is 12.5. The van der Waals surface area contributed by atoms with Gasteiger partial charge in [-0.15, -0.1) is 11.3 Å². The number of nitrogens with zero attached hydrogens (tertiary/aromatic N) is 1. The SMILES string of the molecule is O=C(O)C(F)(F)Cc1nccs1. The molecule has 1 aromatic rings. The largest absolute Gasteiger partial charge is 0.477 e. The van der Waals surface area contributed by atoms with E-state index in [-0.39, 0.29) is 5.01 Å². The lowest BCUT2D eigenvalue weighted by Crippen LogP contribution is -2.30. The first-order valence-corrected chi connectivity index (χ1v) is 3.90. The summed E-state index contributed by atoms with van der Waals surface area (Å²) in [6, 6.07) is 0. The second-order valence-corrected chi connectivity index (χ2v) is 3.09. The molecule has 0 atom stereocenters. The molecule has 0 aliphatic carbocycles. The molecule has 0 saturated heterocycles. The Morgan fingerprint density at radius 2 is 2.42 bits per heavy atom. The molecule has 1 heterocycles. The Labute approximate surface area is 70.7 Å². The Morgan fingerprint density at radius 1 is 1.75 bits per heavy atom. The van der Waals surface area contributed by atoms with Crippen LogP contribution in [0.5, 0.6) is 0 Å². The third-order valence-electron chi connectivity index (χ3n) is 1.17. The average Bonchev–Trinajstić information content (AvgIpc) is 2.38. The Bertz CT molecular complexity index is 273. The van der Waals surface area contributed by atoms with Gasteiger partial charge in [-0.1, -0.05) is 0 Å². The summed E-state index contributed by atoms with van der Waals surface area (Å²) < 4.78 is 25.0. The van der Waals surface area contributed by atoms with Gasteiger partial charge in [0.25, 0.3) is 0 Å².